The molecule has 1 heteroatoms. The highest BCUT2D eigenvalue weighted by Gasteiger charge is 2.13. The lowest BCUT2D eigenvalue weighted by atomic mass is 9.91. The zero-order chi connectivity index (χ0) is 9.97. The van der Waals surface area contributed by atoms with E-state index in [1.165, 1.54) is 30.4 Å². The predicted octanol–water partition coefficient (Wildman–Crippen LogP) is 3.48. The van der Waals surface area contributed by atoms with Crippen molar-refractivity contribution in [3.63, 3.8) is 0 Å². The predicted molar refractivity (Wildman–Crippen MR) is 58.5 cm³/mol. The summed E-state index contributed by atoms with van der Waals surface area (Å²) >= 11 is 0. The first-order chi connectivity index (χ1) is 6.77. The summed E-state index contributed by atoms with van der Waals surface area (Å²) in [6.07, 6.45) is 4.94. The van der Waals surface area contributed by atoms with Crippen molar-refractivity contribution in [2.24, 2.45) is 0 Å². The molecule has 0 atom stereocenters. The molecule has 0 spiro atoms. The second-order valence-electron chi connectivity index (χ2n) is 3.91. The maximum atomic E-state index is 5.62. The molecule has 0 radical (unpaired) electrons. The Morgan fingerprint density at radius 1 is 1.29 bits per heavy atom. The zero-order valence-corrected chi connectivity index (χ0v) is 8.68. The number of fused-ring (bicyclic) bond motifs is 1. The van der Waals surface area contributed by atoms with E-state index >= 15 is 0 Å². The van der Waals surface area contributed by atoms with E-state index in [2.05, 4.69) is 18.7 Å². The lowest BCUT2D eigenvalue weighted by Gasteiger charge is -2.19. The maximum absolute atomic E-state index is 5.62. The Labute approximate surface area is 85.4 Å². The number of rotatable bonds is 2. The summed E-state index contributed by atoms with van der Waals surface area (Å²) in [5.41, 5.74) is 2.84. The summed E-state index contributed by atoms with van der Waals surface area (Å²) in [5, 5.41) is 0. The molecular weight excluding hydrogens is 172 g/mol. The fourth-order valence-electron chi connectivity index (χ4n) is 2.03. The SMILES string of the molecule is C=C(C)Oc1cccc2c1CCCC2. The van der Waals surface area contributed by atoms with Crippen LogP contribution in [-0.4, -0.2) is 0 Å². The van der Waals surface area contributed by atoms with Crippen LogP contribution in [0.3, 0.4) is 0 Å². The van der Waals surface area contributed by atoms with Crippen molar-refractivity contribution in [1.29, 1.82) is 0 Å². The molecule has 0 aromatic heterocycles. The van der Waals surface area contributed by atoms with Crippen LogP contribution < -0.4 is 4.74 Å². The Kier molecular flexibility index (Phi) is 2.58. The Bertz CT molecular complexity index is 352. The van der Waals surface area contributed by atoms with E-state index in [0.717, 1.165) is 17.9 Å². The molecule has 74 valence electrons. The number of ether oxygens (including phenoxy) is 1. The Hall–Kier alpha value is -1.24. The Balaban J connectivity index is 2.35. The van der Waals surface area contributed by atoms with Crippen molar-refractivity contribution in [2.75, 3.05) is 0 Å². The fourth-order valence-corrected chi connectivity index (χ4v) is 2.03. The molecule has 1 aromatic carbocycles. The molecule has 1 aromatic rings. The van der Waals surface area contributed by atoms with Gasteiger partial charge in [0, 0.05) is 0 Å². The van der Waals surface area contributed by atoms with E-state index in [9.17, 15) is 0 Å². The first-order valence-electron chi connectivity index (χ1n) is 5.21. The fraction of sp³-hybridized carbons (Fsp3) is 0.385. The molecule has 0 aliphatic heterocycles. The van der Waals surface area contributed by atoms with Gasteiger partial charge in [-0.15, -0.1) is 0 Å². The summed E-state index contributed by atoms with van der Waals surface area (Å²) in [6, 6.07) is 6.32. The van der Waals surface area contributed by atoms with Crippen LogP contribution in [0.4, 0.5) is 0 Å². The summed E-state index contributed by atoms with van der Waals surface area (Å²) in [4.78, 5) is 0. The first kappa shape index (κ1) is 9.32. The third-order valence-corrected chi connectivity index (χ3v) is 2.64. The minimum Gasteiger partial charge on any atom is -0.462 e. The normalized spacial score (nSPS) is 14.6. The van der Waals surface area contributed by atoms with Crippen LogP contribution in [0.25, 0.3) is 0 Å². The average molecular weight is 188 g/mol. The molecule has 0 saturated heterocycles. The highest BCUT2D eigenvalue weighted by Crippen LogP contribution is 2.30. The Morgan fingerprint density at radius 2 is 2.07 bits per heavy atom. The van der Waals surface area contributed by atoms with Crippen LogP contribution in [0.2, 0.25) is 0 Å². The van der Waals surface area contributed by atoms with E-state index in [1.54, 1.807) is 0 Å². The smallest absolute Gasteiger partial charge is 0.130 e. The Morgan fingerprint density at radius 3 is 2.86 bits per heavy atom. The van der Waals surface area contributed by atoms with Crippen LogP contribution >= 0.6 is 0 Å². The van der Waals surface area contributed by atoms with Gasteiger partial charge in [0.1, 0.15) is 5.75 Å². The molecular formula is C13H16O. The van der Waals surface area contributed by atoms with Crippen molar-refractivity contribution >= 4 is 0 Å². The van der Waals surface area contributed by atoms with E-state index < -0.39 is 0 Å². The van der Waals surface area contributed by atoms with Crippen molar-refractivity contribution in [1.82, 2.24) is 0 Å². The van der Waals surface area contributed by atoms with Crippen molar-refractivity contribution in [3.05, 3.63) is 41.7 Å². The van der Waals surface area contributed by atoms with Crippen molar-refractivity contribution in [2.45, 2.75) is 32.6 Å². The van der Waals surface area contributed by atoms with Gasteiger partial charge >= 0.3 is 0 Å². The van der Waals surface area contributed by atoms with Gasteiger partial charge in [0.15, 0.2) is 0 Å². The monoisotopic (exact) mass is 188 g/mol. The van der Waals surface area contributed by atoms with E-state index in [1.807, 2.05) is 13.0 Å². The standard InChI is InChI=1S/C13H16O/c1-10(2)14-13-9-5-7-11-6-3-4-8-12(11)13/h5,7,9H,1,3-4,6,8H2,2H3. The van der Waals surface area contributed by atoms with Gasteiger partial charge in [0.25, 0.3) is 0 Å². The molecule has 1 aliphatic carbocycles. The first-order valence-corrected chi connectivity index (χ1v) is 5.21. The molecule has 1 aliphatic rings. The van der Waals surface area contributed by atoms with Crippen LogP contribution in [0, 0.1) is 0 Å². The molecule has 0 bridgehead atoms. The summed E-state index contributed by atoms with van der Waals surface area (Å²) in [5.74, 6) is 1.78. The topological polar surface area (TPSA) is 9.23 Å². The maximum Gasteiger partial charge on any atom is 0.130 e. The molecule has 1 nitrogen and oxygen atoms in total. The molecule has 0 amide bonds. The van der Waals surface area contributed by atoms with Crippen LogP contribution in [0.1, 0.15) is 30.9 Å². The van der Waals surface area contributed by atoms with Gasteiger partial charge in [-0.25, -0.2) is 0 Å². The van der Waals surface area contributed by atoms with Crippen molar-refractivity contribution < 1.29 is 4.74 Å². The van der Waals surface area contributed by atoms with Gasteiger partial charge in [0.05, 0.1) is 5.76 Å². The van der Waals surface area contributed by atoms with Gasteiger partial charge in [-0.2, -0.15) is 0 Å². The third kappa shape index (κ3) is 1.82. The molecule has 14 heavy (non-hydrogen) atoms. The number of benzene rings is 1. The zero-order valence-electron chi connectivity index (χ0n) is 8.68. The second-order valence-corrected chi connectivity index (χ2v) is 3.91. The molecule has 0 fully saturated rings. The molecule has 2 rings (SSSR count). The lowest BCUT2D eigenvalue weighted by Crippen LogP contribution is -2.05. The quantitative estimate of drug-likeness (QED) is 0.646. The van der Waals surface area contributed by atoms with Crippen LogP contribution in [0.5, 0.6) is 5.75 Å². The second kappa shape index (κ2) is 3.87. The van der Waals surface area contributed by atoms with Gasteiger partial charge < -0.3 is 4.74 Å². The molecule has 0 unspecified atom stereocenters. The minimum absolute atomic E-state index is 0.768. The van der Waals surface area contributed by atoms with Gasteiger partial charge in [0.2, 0.25) is 0 Å². The largest absolute Gasteiger partial charge is 0.462 e. The van der Waals surface area contributed by atoms with E-state index in [4.69, 9.17) is 4.74 Å². The summed E-state index contributed by atoms with van der Waals surface area (Å²) < 4.78 is 5.62. The number of aryl methyl sites for hydroxylation is 1. The highest BCUT2D eigenvalue weighted by atomic mass is 16.5. The summed E-state index contributed by atoms with van der Waals surface area (Å²) in [6.45, 7) is 5.67. The van der Waals surface area contributed by atoms with Gasteiger partial charge in [-0.3, -0.25) is 0 Å². The van der Waals surface area contributed by atoms with Gasteiger partial charge in [-0.1, -0.05) is 18.7 Å². The number of allylic oxidation sites excluding steroid dienone is 1. The molecule has 0 heterocycles. The van der Waals surface area contributed by atoms with E-state index in [-0.39, 0.29) is 0 Å². The highest BCUT2D eigenvalue weighted by molar-refractivity contribution is 5.42. The number of hydrogen-bond donors (Lipinski definition) is 0. The van der Waals surface area contributed by atoms with Crippen molar-refractivity contribution in [3.8, 4) is 5.75 Å². The summed E-state index contributed by atoms with van der Waals surface area (Å²) in [7, 11) is 0. The number of hydrogen-bond acceptors (Lipinski definition) is 1. The lowest BCUT2D eigenvalue weighted by molar-refractivity contribution is 0.421. The third-order valence-electron chi connectivity index (χ3n) is 2.64. The van der Waals surface area contributed by atoms with Gasteiger partial charge in [-0.05, 0) is 49.8 Å². The molecule has 0 N–H and O–H groups in total. The van der Waals surface area contributed by atoms with Crippen LogP contribution in [0.15, 0.2) is 30.5 Å². The van der Waals surface area contributed by atoms with E-state index in [0.29, 0.717) is 0 Å². The molecule has 0 saturated carbocycles. The average Bonchev–Trinajstić information content (AvgIpc) is 2.18. The minimum atomic E-state index is 0.768. The van der Waals surface area contributed by atoms with Crippen LogP contribution in [-0.2, 0) is 12.8 Å².